The first-order valence-corrected chi connectivity index (χ1v) is 22.5. The number of anilines is 4. The molecule has 6 aromatic rings. The van der Waals surface area contributed by atoms with E-state index in [0.717, 1.165) is 78.9 Å². The summed E-state index contributed by atoms with van der Waals surface area (Å²) in [6.07, 6.45) is -7.81. The molecule has 0 spiro atoms. The average molecular weight is 1100 g/mol. The number of aromatic carboxylic acids is 1. The number of alkyl halides is 6. The van der Waals surface area contributed by atoms with Gasteiger partial charge in [-0.05, 0) is 72.8 Å². The van der Waals surface area contributed by atoms with Crippen LogP contribution in [0.1, 0.15) is 32.1 Å². The van der Waals surface area contributed by atoms with Gasteiger partial charge in [0.2, 0.25) is 0 Å². The van der Waals surface area contributed by atoms with Crippen molar-refractivity contribution < 1.29 is 75.4 Å². The van der Waals surface area contributed by atoms with Crippen molar-refractivity contribution in [3.8, 4) is 0 Å². The second-order valence-electron chi connectivity index (χ2n) is 13.2. The molecule has 0 aliphatic rings. The molecule has 0 fully saturated rings. The van der Waals surface area contributed by atoms with Crippen LogP contribution in [-0.4, -0.2) is 57.9 Å². The Bertz CT molecular complexity index is 3160. The molecule has 4 N–H and O–H groups in total. The molecule has 0 saturated carbocycles. The highest BCUT2D eigenvalue weighted by atomic mass is 35.5. The molecule has 0 atom stereocenters. The second kappa shape index (κ2) is 22.1. The van der Waals surface area contributed by atoms with Crippen LogP contribution in [0.25, 0.3) is 0 Å². The minimum absolute atomic E-state index is 0.0743. The van der Waals surface area contributed by atoms with Gasteiger partial charge < -0.3 is 15.3 Å². The van der Waals surface area contributed by atoms with E-state index in [1.165, 1.54) is 12.1 Å². The van der Waals surface area contributed by atoms with Crippen molar-refractivity contribution in [1.82, 2.24) is 9.97 Å². The van der Waals surface area contributed by atoms with Crippen LogP contribution in [0.15, 0.2) is 107 Å². The van der Waals surface area contributed by atoms with Crippen LogP contribution in [0.5, 0.6) is 0 Å². The Hall–Kier alpha value is -6.12. The van der Waals surface area contributed by atoms with Crippen molar-refractivity contribution in [2.75, 3.05) is 33.8 Å². The summed E-state index contributed by atoms with van der Waals surface area (Å²) in [5, 5.41) is 10.0. The zero-order chi connectivity index (χ0) is 52.0. The summed E-state index contributed by atoms with van der Waals surface area (Å²) in [7, 11) is -6.54. The number of amides is 1. The Labute approximate surface area is 403 Å². The maximum atomic E-state index is 14.1. The standard InChI is InChI=1S/C20H12Cl2F5N3O3S.C13H7Cl2F3N2O4S.C7H7F2N/c1-30(17-5-2-11(23)7-15(17)24)19(31)18-16(6-10(21)9-28-18)29-34(32,33)12-3-4-14(22)13(8-12)20(25,26)27;14-6-3-10(11(12(21)22)19-5-6)20-25(23,24)7-1-2-9(15)8(4-7)13(16,17)18;1-10-7-3-2-5(8)4-6(7)9/h2-9,29H,1H3;1-5,20H,(H,21,22);2-4,10H,1H3. The molecule has 13 nitrogen and oxygen atoms in total. The lowest BCUT2D eigenvalue weighted by Gasteiger charge is -2.20. The van der Waals surface area contributed by atoms with Gasteiger partial charge in [-0.2, -0.15) is 26.3 Å². The molecule has 0 saturated heterocycles. The Morgan fingerprint density at radius 1 is 0.594 bits per heavy atom. The number of rotatable bonds is 10. The number of hydrogen-bond acceptors (Lipinski definition) is 9. The van der Waals surface area contributed by atoms with E-state index in [-0.39, 0.29) is 15.7 Å². The molecular weight excluding hydrogens is 1070 g/mol. The first kappa shape index (κ1) is 55.5. The molecule has 2 heterocycles. The molecular formula is C40H26Cl4F10N6O7S2. The summed E-state index contributed by atoms with van der Waals surface area (Å²) in [6.45, 7) is 0. The minimum Gasteiger partial charge on any atom is -0.476 e. The topological polar surface area (TPSA) is 188 Å². The normalized spacial score (nSPS) is 11.6. The Morgan fingerprint density at radius 3 is 1.42 bits per heavy atom. The van der Waals surface area contributed by atoms with Gasteiger partial charge in [-0.3, -0.25) is 14.2 Å². The summed E-state index contributed by atoms with van der Waals surface area (Å²) < 4.78 is 184. The van der Waals surface area contributed by atoms with Gasteiger partial charge in [-0.1, -0.05) is 46.4 Å². The van der Waals surface area contributed by atoms with Gasteiger partial charge in [0.05, 0.1) is 63.8 Å². The number of pyridine rings is 2. The third-order valence-corrected chi connectivity index (χ3v) is 12.3. The molecule has 0 aliphatic carbocycles. The van der Waals surface area contributed by atoms with E-state index in [1.54, 1.807) is 7.05 Å². The first-order valence-electron chi connectivity index (χ1n) is 18.1. The second-order valence-corrected chi connectivity index (χ2v) is 18.3. The molecule has 29 heteroatoms. The molecule has 368 valence electrons. The number of carboxylic acid groups (broad SMARTS) is 1. The quantitative estimate of drug-likeness (QED) is 0.0961. The van der Waals surface area contributed by atoms with Crippen molar-refractivity contribution in [2.45, 2.75) is 22.1 Å². The number of nitrogens with one attached hydrogen (secondary N) is 3. The summed E-state index contributed by atoms with van der Waals surface area (Å²) in [5.41, 5.74) is -4.98. The molecule has 69 heavy (non-hydrogen) atoms. The number of carbonyl (C=O) groups excluding carboxylic acids is 1. The number of carbonyl (C=O) groups is 2. The summed E-state index contributed by atoms with van der Waals surface area (Å²) in [6, 6.07) is 11.6. The number of carboxylic acids is 1. The van der Waals surface area contributed by atoms with E-state index < -0.39 is 121 Å². The van der Waals surface area contributed by atoms with Crippen LogP contribution in [0, 0.1) is 23.3 Å². The van der Waals surface area contributed by atoms with E-state index in [9.17, 15) is 70.3 Å². The van der Waals surface area contributed by atoms with E-state index in [4.69, 9.17) is 51.5 Å². The van der Waals surface area contributed by atoms with Crippen molar-refractivity contribution in [1.29, 1.82) is 0 Å². The van der Waals surface area contributed by atoms with Crippen molar-refractivity contribution in [3.63, 3.8) is 0 Å². The number of hydrogen-bond donors (Lipinski definition) is 4. The number of halogens is 14. The largest absolute Gasteiger partial charge is 0.476 e. The van der Waals surface area contributed by atoms with Crippen molar-refractivity contribution in [2.24, 2.45) is 0 Å². The average Bonchev–Trinajstić information content (AvgIpc) is 3.23. The zero-order valence-corrected chi connectivity index (χ0v) is 38.7. The summed E-state index contributed by atoms with van der Waals surface area (Å²) in [4.78, 5) is 30.4. The van der Waals surface area contributed by atoms with Gasteiger partial charge in [-0.25, -0.2) is 49.2 Å². The Kier molecular flexibility index (Phi) is 17.8. The Morgan fingerprint density at radius 2 is 1.01 bits per heavy atom. The molecule has 1 amide bonds. The highest BCUT2D eigenvalue weighted by molar-refractivity contribution is 7.93. The van der Waals surface area contributed by atoms with Gasteiger partial charge in [0.1, 0.15) is 23.3 Å². The smallest absolute Gasteiger partial charge is 0.417 e. The van der Waals surface area contributed by atoms with Gasteiger partial charge in [0.25, 0.3) is 26.0 Å². The van der Waals surface area contributed by atoms with E-state index in [1.807, 2.05) is 9.44 Å². The summed E-state index contributed by atoms with van der Waals surface area (Å²) >= 11 is 22.5. The number of nitrogens with zero attached hydrogens (tertiary/aromatic N) is 3. The van der Waals surface area contributed by atoms with Gasteiger partial charge >= 0.3 is 18.3 Å². The van der Waals surface area contributed by atoms with E-state index in [0.29, 0.717) is 23.9 Å². The fourth-order valence-corrected chi connectivity index (χ4v) is 8.21. The van der Waals surface area contributed by atoms with Crippen molar-refractivity contribution >= 4 is 101 Å². The molecule has 0 aliphatic heterocycles. The molecule has 4 aromatic carbocycles. The highest BCUT2D eigenvalue weighted by Gasteiger charge is 2.36. The SMILES string of the molecule is CN(C(=O)c1ncc(Cl)cc1NS(=O)(=O)c1ccc(Cl)c(C(F)(F)F)c1)c1ccc(F)cc1F.CNc1ccc(F)cc1F.O=C(O)c1ncc(Cl)cc1NS(=O)(=O)c1ccc(Cl)c(C(F)(F)F)c1. The molecule has 2 aromatic heterocycles. The van der Waals surface area contributed by atoms with Crippen LogP contribution in [0.2, 0.25) is 20.1 Å². The lowest BCUT2D eigenvalue weighted by atomic mass is 10.2. The monoisotopic (exact) mass is 1100 g/mol. The molecule has 0 bridgehead atoms. The maximum Gasteiger partial charge on any atom is 0.417 e. The van der Waals surface area contributed by atoms with Crippen LogP contribution in [-0.2, 0) is 32.4 Å². The third kappa shape index (κ3) is 14.5. The lowest BCUT2D eigenvalue weighted by Crippen LogP contribution is -2.29. The van der Waals surface area contributed by atoms with Gasteiger partial charge in [-0.15, -0.1) is 0 Å². The lowest BCUT2D eigenvalue weighted by molar-refractivity contribution is -0.138. The highest BCUT2D eigenvalue weighted by Crippen LogP contribution is 2.38. The van der Waals surface area contributed by atoms with Crippen LogP contribution in [0.4, 0.5) is 66.7 Å². The number of benzene rings is 4. The predicted octanol–water partition coefficient (Wildman–Crippen LogP) is 11.7. The van der Waals surface area contributed by atoms with Crippen LogP contribution < -0.4 is 19.7 Å². The van der Waals surface area contributed by atoms with Crippen molar-refractivity contribution in [3.05, 3.63) is 163 Å². The predicted molar refractivity (Wildman–Crippen MR) is 235 cm³/mol. The van der Waals surface area contributed by atoms with Crippen LogP contribution >= 0.6 is 46.4 Å². The minimum atomic E-state index is -4.93. The zero-order valence-electron chi connectivity index (χ0n) is 34.1. The first-order chi connectivity index (χ1) is 31.9. The van der Waals surface area contributed by atoms with Gasteiger partial charge in [0, 0.05) is 38.6 Å². The molecule has 6 rings (SSSR count). The van der Waals surface area contributed by atoms with Crippen LogP contribution in [0.3, 0.4) is 0 Å². The van der Waals surface area contributed by atoms with Gasteiger partial charge in [0.15, 0.2) is 11.4 Å². The molecule has 0 radical (unpaired) electrons. The number of sulfonamides is 2. The maximum absolute atomic E-state index is 14.1. The third-order valence-electron chi connectivity index (χ3n) is 8.49. The van der Waals surface area contributed by atoms with E-state index in [2.05, 4.69) is 15.3 Å². The summed E-state index contributed by atoms with van der Waals surface area (Å²) in [5.74, 6) is -5.67. The fraction of sp³-hybridized carbons (Fsp3) is 0.100. The van der Waals surface area contributed by atoms with E-state index >= 15 is 0 Å². The fourth-order valence-electron chi connectivity index (χ4n) is 5.27. The number of aromatic nitrogens is 2. The Balaban J connectivity index is 0.000000258. The molecule has 0 unspecified atom stereocenters.